The predicted octanol–water partition coefficient (Wildman–Crippen LogP) is -1.21. The minimum Gasteiger partial charge on any atom is -0.263 e. The molecule has 0 aromatic carbocycles. The molecule has 4 aliphatic heterocycles. The number of hydrogen-bond acceptors (Lipinski definition) is 4. The molecule has 0 aliphatic carbocycles. The summed E-state index contributed by atoms with van der Waals surface area (Å²) in [6.07, 6.45) is 0. The van der Waals surface area contributed by atoms with Gasteiger partial charge in [0.25, 0.3) is 0 Å². The van der Waals surface area contributed by atoms with E-state index in [4.69, 9.17) is 0 Å². The van der Waals surface area contributed by atoms with Gasteiger partial charge in [0.05, 0.1) is 0 Å². The molecular formula is C3N2O4. The minimum absolute atomic E-state index is 0.424. The first-order valence-electron chi connectivity index (χ1n) is 2.33. The quantitative estimate of drug-likeness (QED) is 0.303. The number of amides is 3. The lowest BCUT2D eigenvalue weighted by Crippen LogP contribution is -2.52. The first-order valence-corrected chi connectivity index (χ1v) is 2.33. The summed E-state index contributed by atoms with van der Waals surface area (Å²) in [6.45, 7) is 0. The fraction of sp³-hybridized carbons (Fsp3) is 0.333. The molecule has 1 spiro atoms. The van der Waals surface area contributed by atoms with Gasteiger partial charge >= 0.3 is 17.8 Å². The summed E-state index contributed by atoms with van der Waals surface area (Å²) in [6, 6.07) is -0.528. The zero-order valence-corrected chi connectivity index (χ0v) is 4.03. The molecule has 0 aromatic heterocycles. The maximum atomic E-state index is 10.6. The molecular weight excluding hydrogens is 128 g/mol. The van der Waals surface area contributed by atoms with Gasteiger partial charge in [-0.05, 0) is 0 Å². The Morgan fingerprint density at radius 1 is 1.33 bits per heavy atom. The number of hydroxylamine groups is 4. The number of urea groups is 1. The first kappa shape index (κ1) is 3.80. The third kappa shape index (κ3) is 0.170. The molecule has 46 valence electrons. The highest BCUT2D eigenvalue weighted by molar-refractivity contribution is 6.09. The van der Waals surface area contributed by atoms with Crippen molar-refractivity contribution in [2.45, 2.75) is 5.91 Å². The zero-order valence-electron chi connectivity index (χ0n) is 4.03. The van der Waals surface area contributed by atoms with Gasteiger partial charge in [0.2, 0.25) is 0 Å². The lowest BCUT2D eigenvalue weighted by atomic mass is 10.5. The highest BCUT2D eigenvalue weighted by Gasteiger charge is 2.87. The van der Waals surface area contributed by atoms with Crippen LogP contribution in [0.25, 0.3) is 0 Å². The van der Waals surface area contributed by atoms with Gasteiger partial charge in [0.1, 0.15) is 0 Å². The van der Waals surface area contributed by atoms with Crippen LogP contribution in [0.5, 0.6) is 0 Å². The van der Waals surface area contributed by atoms with Crippen molar-refractivity contribution in [3.8, 4) is 0 Å². The van der Waals surface area contributed by atoms with Crippen molar-refractivity contribution in [3.05, 3.63) is 0 Å². The van der Waals surface area contributed by atoms with Crippen LogP contribution < -0.4 is 0 Å². The SMILES string of the molecule is O=C1N2OC3(ON13)C2=O. The average molecular weight is 128 g/mol. The maximum Gasteiger partial charge on any atom is 0.407 e. The highest BCUT2D eigenvalue weighted by Crippen LogP contribution is 2.53. The van der Waals surface area contributed by atoms with Crippen LogP contribution in [0.2, 0.25) is 0 Å². The normalized spacial score (nSPS) is 43.1. The summed E-state index contributed by atoms with van der Waals surface area (Å²) in [7, 11) is 0. The number of carbonyl (C=O) groups is 2. The van der Waals surface area contributed by atoms with Crippen molar-refractivity contribution in [1.82, 2.24) is 10.1 Å². The summed E-state index contributed by atoms with van der Waals surface area (Å²) in [5.41, 5.74) is 0. The smallest absolute Gasteiger partial charge is 0.263 e. The number of rotatable bonds is 0. The molecule has 0 saturated carbocycles. The molecule has 0 aromatic rings. The topological polar surface area (TPSA) is 62.1 Å². The fourth-order valence-electron chi connectivity index (χ4n) is 0.950. The third-order valence-corrected chi connectivity index (χ3v) is 1.47. The second kappa shape index (κ2) is 0.662. The highest BCUT2D eigenvalue weighted by atomic mass is 17.1. The molecule has 1 atom stereocenters. The van der Waals surface area contributed by atoms with E-state index in [1.807, 2.05) is 0 Å². The Kier molecular flexibility index (Phi) is 0.280. The van der Waals surface area contributed by atoms with E-state index < -0.39 is 17.8 Å². The van der Waals surface area contributed by atoms with Crippen LogP contribution in [0.15, 0.2) is 0 Å². The van der Waals surface area contributed by atoms with E-state index in [-0.39, 0.29) is 0 Å². The molecule has 3 amide bonds. The lowest BCUT2D eigenvalue weighted by Gasteiger charge is -2.21. The first-order chi connectivity index (χ1) is 4.26. The van der Waals surface area contributed by atoms with Gasteiger partial charge in [-0.3, -0.25) is 4.79 Å². The van der Waals surface area contributed by atoms with E-state index in [1.165, 1.54) is 0 Å². The Hall–Kier alpha value is -1.14. The third-order valence-electron chi connectivity index (χ3n) is 1.47. The van der Waals surface area contributed by atoms with Crippen LogP contribution >= 0.6 is 0 Å². The Labute approximate surface area is 48.4 Å². The molecule has 6 heteroatoms. The minimum atomic E-state index is -1.29. The monoisotopic (exact) mass is 128 g/mol. The second-order valence-corrected chi connectivity index (χ2v) is 1.94. The Balaban J connectivity index is 2.24. The summed E-state index contributed by atoms with van der Waals surface area (Å²) < 4.78 is 0. The molecule has 4 rings (SSSR count). The standard InChI is InChI=1S/C3N2O4/c6-1-3-5(9-3)2(7)4(1)8-3. The van der Waals surface area contributed by atoms with E-state index in [2.05, 4.69) is 9.68 Å². The Morgan fingerprint density at radius 3 is 2.22 bits per heavy atom. The van der Waals surface area contributed by atoms with Gasteiger partial charge in [-0.1, -0.05) is 0 Å². The summed E-state index contributed by atoms with van der Waals surface area (Å²) in [5, 5.41) is 1.57. The van der Waals surface area contributed by atoms with Crippen molar-refractivity contribution in [2.24, 2.45) is 0 Å². The number of hydrogen-bond donors (Lipinski definition) is 0. The van der Waals surface area contributed by atoms with Crippen molar-refractivity contribution in [2.75, 3.05) is 0 Å². The zero-order chi connectivity index (χ0) is 6.22. The molecule has 4 aliphatic rings. The summed E-state index contributed by atoms with van der Waals surface area (Å²) in [4.78, 5) is 30.3. The summed E-state index contributed by atoms with van der Waals surface area (Å²) >= 11 is 0. The van der Waals surface area contributed by atoms with E-state index in [9.17, 15) is 9.59 Å². The van der Waals surface area contributed by atoms with E-state index in [1.54, 1.807) is 0 Å². The molecule has 0 radical (unpaired) electrons. The van der Waals surface area contributed by atoms with Gasteiger partial charge < -0.3 is 0 Å². The van der Waals surface area contributed by atoms with E-state index >= 15 is 0 Å². The van der Waals surface area contributed by atoms with Crippen molar-refractivity contribution < 1.29 is 19.3 Å². The number of imide groups is 1. The molecule has 4 fully saturated rings. The van der Waals surface area contributed by atoms with Crippen molar-refractivity contribution in [3.63, 3.8) is 0 Å². The van der Waals surface area contributed by atoms with Gasteiger partial charge in [0, 0.05) is 0 Å². The van der Waals surface area contributed by atoms with Gasteiger partial charge in [-0.15, -0.1) is 10.1 Å². The van der Waals surface area contributed by atoms with Crippen LogP contribution in [-0.4, -0.2) is 28.0 Å². The summed E-state index contributed by atoms with van der Waals surface area (Å²) in [5.74, 6) is -1.72. The van der Waals surface area contributed by atoms with Gasteiger partial charge in [-0.25, -0.2) is 4.79 Å². The lowest BCUT2D eigenvalue weighted by molar-refractivity contribution is -0.270. The van der Waals surface area contributed by atoms with Crippen LogP contribution in [-0.2, 0) is 14.5 Å². The van der Waals surface area contributed by atoms with Crippen molar-refractivity contribution in [1.29, 1.82) is 0 Å². The van der Waals surface area contributed by atoms with Crippen molar-refractivity contribution >= 4 is 11.9 Å². The molecule has 2 bridgehead atoms. The fourth-order valence-corrected chi connectivity index (χ4v) is 0.950. The van der Waals surface area contributed by atoms with Crippen LogP contribution in [0.3, 0.4) is 0 Å². The number of nitrogens with zero attached hydrogens (tertiary/aromatic N) is 2. The molecule has 0 N–H and O–H groups in total. The maximum absolute atomic E-state index is 10.6. The predicted molar refractivity (Wildman–Crippen MR) is 19.0 cm³/mol. The van der Waals surface area contributed by atoms with Crippen LogP contribution in [0.1, 0.15) is 0 Å². The molecule has 4 saturated heterocycles. The van der Waals surface area contributed by atoms with E-state index in [0.29, 0.717) is 5.06 Å². The Morgan fingerprint density at radius 2 is 2.11 bits per heavy atom. The second-order valence-electron chi connectivity index (χ2n) is 1.94. The van der Waals surface area contributed by atoms with Crippen LogP contribution in [0.4, 0.5) is 4.79 Å². The molecule has 9 heavy (non-hydrogen) atoms. The van der Waals surface area contributed by atoms with Gasteiger partial charge in [0.15, 0.2) is 0 Å². The van der Waals surface area contributed by atoms with Crippen LogP contribution in [0, 0.1) is 0 Å². The Bertz CT molecular complexity index is 242. The molecule has 1 unspecified atom stereocenters. The molecule has 6 nitrogen and oxygen atoms in total. The van der Waals surface area contributed by atoms with Gasteiger partial charge in [-0.2, -0.15) is 9.68 Å². The largest absolute Gasteiger partial charge is 0.407 e. The number of carbonyl (C=O) groups excluding carboxylic acids is 2. The molecule has 4 heterocycles. The average Bonchev–Trinajstić information content (AvgIpc) is 2.49. The van der Waals surface area contributed by atoms with E-state index in [0.717, 1.165) is 5.06 Å².